The molecule has 0 aliphatic heterocycles. The molecule has 0 saturated carbocycles. The Balaban J connectivity index is 2.30. The van der Waals surface area contributed by atoms with E-state index in [0.29, 0.717) is 17.5 Å². The summed E-state index contributed by atoms with van der Waals surface area (Å²) in [7, 11) is 3.13. The minimum Gasteiger partial charge on any atom is -0.494 e. The number of rotatable bonds is 5. The minimum atomic E-state index is -0.412. The molecular formula is C15H16F2N2O. The molecule has 0 aliphatic rings. The summed E-state index contributed by atoms with van der Waals surface area (Å²) in [6.45, 7) is 0. The number of hydrogen-bond donors (Lipinski definition) is 1. The van der Waals surface area contributed by atoms with Crippen molar-refractivity contribution in [2.24, 2.45) is 0 Å². The normalized spacial score (nSPS) is 12.2. The van der Waals surface area contributed by atoms with E-state index < -0.39 is 11.6 Å². The maximum absolute atomic E-state index is 14.1. The fraction of sp³-hybridized carbons (Fsp3) is 0.267. The fourth-order valence-electron chi connectivity index (χ4n) is 2.13. The second kappa shape index (κ2) is 6.43. The molecule has 1 heterocycles. The van der Waals surface area contributed by atoms with E-state index in [1.165, 1.54) is 13.3 Å². The summed E-state index contributed by atoms with van der Waals surface area (Å²) < 4.78 is 32.8. The summed E-state index contributed by atoms with van der Waals surface area (Å²) in [5.74, 6) is -0.632. The van der Waals surface area contributed by atoms with Gasteiger partial charge in [0.05, 0.1) is 13.3 Å². The topological polar surface area (TPSA) is 34.1 Å². The first-order valence-electron chi connectivity index (χ1n) is 6.25. The van der Waals surface area contributed by atoms with Gasteiger partial charge in [-0.3, -0.25) is 4.98 Å². The fourth-order valence-corrected chi connectivity index (χ4v) is 2.13. The van der Waals surface area contributed by atoms with E-state index in [0.717, 1.165) is 6.20 Å². The van der Waals surface area contributed by atoms with Crippen LogP contribution in [-0.4, -0.2) is 19.1 Å². The predicted molar refractivity (Wildman–Crippen MR) is 72.7 cm³/mol. The number of aromatic nitrogens is 1. The summed E-state index contributed by atoms with van der Waals surface area (Å²) >= 11 is 0. The number of pyridine rings is 1. The number of nitrogens with one attached hydrogen (secondary N) is 1. The van der Waals surface area contributed by atoms with Crippen LogP contribution in [0.25, 0.3) is 0 Å². The van der Waals surface area contributed by atoms with Crippen LogP contribution in [0.15, 0.2) is 36.7 Å². The Morgan fingerprint density at radius 3 is 2.75 bits per heavy atom. The molecule has 106 valence electrons. The maximum Gasteiger partial charge on any atom is 0.168 e. The molecule has 0 radical (unpaired) electrons. The van der Waals surface area contributed by atoms with Crippen molar-refractivity contribution in [3.8, 4) is 5.75 Å². The minimum absolute atomic E-state index is 0.188. The molecule has 20 heavy (non-hydrogen) atoms. The summed E-state index contributed by atoms with van der Waals surface area (Å²) in [6.07, 6.45) is 2.99. The molecule has 1 aromatic carbocycles. The maximum atomic E-state index is 14.1. The zero-order valence-electron chi connectivity index (χ0n) is 11.4. The molecule has 1 atom stereocenters. The first-order chi connectivity index (χ1) is 9.67. The van der Waals surface area contributed by atoms with E-state index in [1.54, 1.807) is 31.3 Å². The summed E-state index contributed by atoms with van der Waals surface area (Å²) in [5, 5.41) is 3.00. The van der Waals surface area contributed by atoms with Gasteiger partial charge >= 0.3 is 0 Å². The van der Waals surface area contributed by atoms with Crippen LogP contribution in [0.2, 0.25) is 0 Å². The summed E-state index contributed by atoms with van der Waals surface area (Å²) in [4.78, 5) is 3.72. The molecule has 1 unspecified atom stereocenters. The van der Waals surface area contributed by atoms with Gasteiger partial charge in [-0.15, -0.1) is 0 Å². The van der Waals surface area contributed by atoms with Crippen LogP contribution in [0, 0.1) is 11.6 Å². The first-order valence-corrected chi connectivity index (χ1v) is 6.25. The second-order valence-corrected chi connectivity index (χ2v) is 4.38. The lowest BCUT2D eigenvalue weighted by Gasteiger charge is -2.18. The quantitative estimate of drug-likeness (QED) is 0.913. The van der Waals surface area contributed by atoms with Crippen molar-refractivity contribution in [3.05, 3.63) is 59.4 Å². The first kappa shape index (κ1) is 14.4. The number of halogens is 2. The highest BCUT2D eigenvalue weighted by atomic mass is 19.1. The Labute approximate surface area is 116 Å². The third-order valence-electron chi connectivity index (χ3n) is 3.21. The summed E-state index contributed by atoms with van der Waals surface area (Å²) in [5.41, 5.74) is 0.935. The molecule has 1 aromatic heterocycles. The molecular weight excluding hydrogens is 262 g/mol. The second-order valence-electron chi connectivity index (χ2n) is 4.38. The van der Waals surface area contributed by atoms with Crippen LogP contribution >= 0.6 is 0 Å². The zero-order valence-corrected chi connectivity index (χ0v) is 11.4. The highest BCUT2D eigenvalue weighted by molar-refractivity contribution is 5.32. The number of methoxy groups -OCH3 is 1. The Bertz CT molecular complexity index is 590. The number of nitrogens with zero attached hydrogens (tertiary/aromatic N) is 1. The Morgan fingerprint density at radius 2 is 2.10 bits per heavy atom. The van der Waals surface area contributed by atoms with Gasteiger partial charge in [-0.2, -0.15) is 0 Å². The van der Waals surface area contributed by atoms with Crippen LogP contribution in [0.4, 0.5) is 8.78 Å². The van der Waals surface area contributed by atoms with Gasteiger partial charge < -0.3 is 10.1 Å². The third-order valence-corrected chi connectivity index (χ3v) is 3.21. The monoisotopic (exact) mass is 278 g/mol. The van der Waals surface area contributed by atoms with Gasteiger partial charge in [-0.25, -0.2) is 8.78 Å². The molecule has 0 aliphatic carbocycles. The molecule has 1 N–H and O–H groups in total. The smallest absolute Gasteiger partial charge is 0.168 e. The van der Waals surface area contributed by atoms with Crippen LogP contribution in [0.1, 0.15) is 17.2 Å². The molecule has 0 bridgehead atoms. The van der Waals surface area contributed by atoms with E-state index in [2.05, 4.69) is 10.3 Å². The number of likely N-dealkylation sites (N-methyl/N-ethyl adjacent to an activating group) is 1. The van der Waals surface area contributed by atoms with E-state index >= 15 is 0 Å². The van der Waals surface area contributed by atoms with Crippen molar-refractivity contribution in [3.63, 3.8) is 0 Å². The molecule has 2 rings (SSSR count). The molecule has 0 spiro atoms. The van der Waals surface area contributed by atoms with Gasteiger partial charge in [0.25, 0.3) is 0 Å². The Hall–Kier alpha value is -2.01. The van der Waals surface area contributed by atoms with Crippen molar-refractivity contribution in [2.75, 3.05) is 14.2 Å². The Kier molecular flexibility index (Phi) is 4.63. The van der Waals surface area contributed by atoms with Crippen LogP contribution in [-0.2, 0) is 6.42 Å². The number of ether oxygens (including phenoxy) is 1. The van der Waals surface area contributed by atoms with E-state index in [-0.39, 0.29) is 11.8 Å². The lowest BCUT2D eigenvalue weighted by atomic mass is 9.99. The standard InChI is InChI=1S/C15H16F2N2O/c1-18-13(11-6-7-19-9-12(11)16)8-10-4-3-5-14(20-2)15(10)17/h3-7,9,13,18H,8H2,1-2H3. The molecule has 2 aromatic rings. The Morgan fingerprint density at radius 1 is 1.30 bits per heavy atom. The lowest BCUT2D eigenvalue weighted by molar-refractivity contribution is 0.382. The van der Waals surface area contributed by atoms with Gasteiger partial charge in [0, 0.05) is 17.8 Å². The average Bonchev–Trinajstić information content (AvgIpc) is 2.47. The van der Waals surface area contributed by atoms with E-state index in [1.807, 2.05) is 0 Å². The zero-order chi connectivity index (χ0) is 14.5. The number of benzene rings is 1. The van der Waals surface area contributed by atoms with E-state index in [4.69, 9.17) is 4.74 Å². The van der Waals surface area contributed by atoms with Crippen molar-refractivity contribution in [1.82, 2.24) is 10.3 Å². The van der Waals surface area contributed by atoms with Gasteiger partial charge in [0.2, 0.25) is 0 Å². The van der Waals surface area contributed by atoms with Crippen molar-refractivity contribution in [2.45, 2.75) is 12.5 Å². The number of hydrogen-bond acceptors (Lipinski definition) is 3. The van der Waals surface area contributed by atoms with Crippen LogP contribution < -0.4 is 10.1 Å². The average molecular weight is 278 g/mol. The highest BCUT2D eigenvalue weighted by Gasteiger charge is 2.17. The van der Waals surface area contributed by atoms with Crippen LogP contribution in [0.5, 0.6) is 5.75 Å². The lowest BCUT2D eigenvalue weighted by Crippen LogP contribution is -2.20. The molecule has 0 amide bonds. The van der Waals surface area contributed by atoms with Gasteiger partial charge in [0.15, 0.2) is 11.6 Å². The molecule has 0 saturated heterocycles. The van der Waals surface area contributed by atoms with Crippen molar-refractivity contribution in [1.29, 1.82) is 0 Å². The van der Waals surface area contributed by atoms with Gasteiger partial charge in [-0.05, 0) is 31.2 Å². The third kappa shape index (κ3) is 2.93. The van der Waals surface area contributed by atoms with Gasteiger partial charge in [-0.1, -0.05) is 12.1 Å². The largest absolute Gasteiger partial charge is 0.494 e. The highest BCUT2D eigenvalue weighted by Crippen LogP contribution is 2.25. The van der Waals surface area contributed by atoms with E-state index in [9.17, 15) is 8.78 Å². The summed E-state index contributed by atoms with van der Waals surface area (Å²) in [6, 6.07) is 6.20. The van der Waals surface area contributed by atoms with Crippen LogP contribution in [0.3, 0.4) is 0 Å². The molecule has 0 fully saturated rings. The molecule has 3 nitrogen and oxygen atoms in total. The SMILES string of the molecule is CNC(Cc1cccc(OC)c1F)c1ccncc1F. The van der Waals surface area contributed by atoms with Crippen molar-refractivity contribution < 1.29 is 13.5 Å². The van der Waals surface area contributed by atoms with Crippen molar-refractivity contribution >= 4 is 0 Å². The van der Waals surface area contributed by atoms with Gasteiger partial charge in [0.1, 0.15) is 5.82 Å². The predicted octanol–water partition coefficient (Wildman–Crippen LogP) is 2.87. The molecule has 5 heteroatoms.